The van der Waals surface area contributed by atoms with Crippen LogP contribution in [0.1, 0.15) is 32.6 Å². The minimum atomic E-state index is -0.458. The Morgan fingerprint density at radius 1 is 1.39 bits per heavy atom. The second kappa shape index (κ2) is 5.74. The zero-order valence-corrected chi connectivity index (χ0v) is 10.9. The number of nitrogens with zero attached hydrogens (tertiary/aromatic N) is 2. The van der Waals surface area contributed by atoms with Crippen molar-refractivity contribution in [3.63, 3.8) is 0 Å². The third-order valence-corrected chi connectivity index (χ3v) is 3.55. The molecular weight excluding hydrogens is 230 g/mol. The van der Waals surface area contributed by atoms with Gasteiger partial charge in [-0.2, -0.15) is 5.26 Å². The van der Waals surface area contributed by atoms with Crippen LogP contribution < -0.4 is 16.8 Å². The molecule has 0 aromatic rings. The third kappa shape index (κ3) is 2.57. The predicted molar refractivity (Wildman–Crippen MR) is 70.1 cm³/mol. The number of rotatable bonds is 0. The molecule has 0 aromatic heterocycles. The van der Waals surface area contributed by atoms with Crippen molar-refractivity contribution < 1.29 is 5.11 Å². The van der Waals surface area contributed by atoms with Crippen LogP contribution in [0, 0.1) is 17.2 Å². The van der Waals surface area contributed by atoms with Crippen LogP contribution in [0.3, 0.4) is 0 Å². The molecular formula is C12H21N5O. The van der Waals surface area contributed by atoms with Gasteiger partial charge in [-0.15, -0.1) is 0 Å². The van der Waals surface area contributed by atoms with E-state index in [4.69, 9.17) is 16.6 Å². The summed E-state index contributed by atoms with van der Waals surface area (Å²) in [7, 11) is 1.00. The van der Waals surface area contributed by atoms with Crippen molar-refractivity contribution in [2.24, 2.45) is 22.4 Å². The molecule has 0 unspecified atom stereocenters. The third-order valence-electron chi connectivity index (χ3n) is 3.55. The molecule has 0 radical (unpaired) electrons. The van der Waals surface area contributed by atoms with Gasteiger partial charge in [-0.1, -0.05) is 6.92 Å². The Bertz CT molecular complexity index is 399. The number of nitrogens with two attached hydrogens (primary N) is 2. The molecule has 1 fully saturated rings. The Morgan fingerprint density at radius 3 is 2.44 bits per heavy atom. The number of hydrogen-bond acceptors (Lipinski definition) is 6. The van der Waals surface area contributed by atoms with Gasteiger partial charge in [0.15, 0.2) is 5.96 Å². The fourth-order valence-electron chi connectivity index (χ4n) is 2.53. The average molecular weight is 251 g/mol. The van der Waals surface area contributed by atoms with Gasteiger partial charge in [-0.3, -0.25) is 0 Å². The first-order chi connectivity index (χ1) is 8.57. The number of guanidine groups is 1. The highest BCUT2D eigenvalue weighted by Gasteiger charge is 2.41. The number of aliphatic imine (C=N–C) groups is 1. The first-order valence-electron chi connectivity index (χ1n) is 6.05. The van der Waals surface area contributed by atoms with Crippen LogP contribution in [0.25, 0.3) is 0 Å². The molecule has 0 saturated heterocycles. The van der Waals surface area contributed by atoms with Gasteiger partial charge in [-0.25, -0.2) is 4.99 Å². The fraction of sp³-hybridized carbons (Fsp3) is 0.667. The number of hydrogen-bond donors (Lipinski definition) is 4. The van der Waals surface area contributed by atoms with E-state index in [1.54, 1.807) is 0 Å². The topological polar surface area (TPSA) is 120 Å². The van der Waals surface area contributed by atoms with Gasteiger partial charge in [0.25, 0.3) is 0 Å². The first-order valence-corrected chi connectivity index (χ1v) is 6.05. The summed E-state index contributed by atoms with van der Waals surface area (Å²) in [4.78, 5) is 4.43. The SMILES string of the molecule is CC1CCC2(CC1)N=C(N)NC(N)=C2C#N.CO. The van der Waals surface area contributed by atoms with E-state index in [9.17, 15) is 5.26 Å². The van der Waals surface area contributed by atoms with Gasteiger partial charge in [0.2, 0.25) is 0 Å². The summed E-state index contributed by atoms with van der Waals surface area (Å²) in [6.07, 6.45) is 3.85. The van der Waals surface area contributed by atoms with Crippen LogP contribution in [0.15, 0.2) is 16.4 Å². The standard InChI is InChI=1S/C11H17N5.CH4O/c1-7-2-4-11(5-3-7)8(6-12)9(13)15-10(14)16-11;1-2/h7H,2-5,13H2,1H3,(H3,14,15,16);2H,1H3. The van der Waals surface area contributed by atoms with Crippen LogP contribution in [-0.2, 0) is 0 Å². The van der Waals surface area contributed by atoms with E-state index < -0.39 is 5.54 Å². The van der Waals surface area contributed by atoms with Crippen molar-refractivity contribution >= 4 is 5.96 Å². The molecule has 1 aliphatic carbocycles. The summed E-state index contributed by atoms with van der Waals surface area (Å²) in [5, 5.41) is 18.9. The van der Waals surface area contributed by atoms with Crippen molar-refractivity contribution in [2.45, 2.75) is 38.1 Å². The van der Waals surface area contributed by atoms with Crippen LogP contribution >= 0.6 is 0 Å². The van der Waals surface area contributed by atoms with Crippen molar-refractivity contribution in [2.75, 3.05) is 7.11 Å². The molecule has 18 heavy (non-hydrogen) atoms. The Labute approximate surface area is 107 Å². The van der Waals surface area contributed by atoms with E-state index in [1.165, 1.54) is 0 Å². The second-order valence-electron chi connectivity index (χ2n) is 4.74. The molecule has 0 aromatic carbocycles. The van der Waals surface area contributed by atoms with E-state index in [-0.39, 0.29) is 0 Å². The van der Waals surface area contributed by atoms with Gasteiger partial charge in [0, 0.05) is 7.11 Å². The van der Waals surface area contributed by atoms with E-state index in [1.807, 2.05) is 0 Å². The van der Waals surface area contributed by atoms with Crippen molar-refractivity contribution in [1.29, 1.82) is 5.26 Å². The lowest BCUT2D eigenvalue weighted by Gasteiger charge is -2.38. The maximum absolute atomic E-state index is 9.19. The molecule has 0 amide bonds. The van der Waals surface area contributed by atoms with Gasteiger partial charge >= 0.3 is 0 Å². The van der Waals surface area contributed by atoms with Crippen LogP contribution in [-0.4, -0.2) is 23.7 Å². The predicted octanol–water partition coefficient (Wildman–Crippen LogP) is 0.156. The quantitative estimate of drug-likeness (QED) is 0.488. The van der Waals surface area contributed by atoms with Gasteiger partial charge < -0.3 is 21.9 Å². The summed E-state index contributed by atoms with van der Waals surface area (Å²) in [6.45, 7) is 2.22. The molecule has 1 saturated carbocycles. The highest BCUT2D eigenvalue weighted by atomic mass is 16.2. The van der Waals surface area contributed by atoms with E-state index in [0.717, 1.165) is 32.8 Å². The van der Waals surface area contributed by atoms with Crippen molar-refractivity contribution in [1.82, 2.24) is 5.32 Å². The molecule has 0 bridgehead atoms. The molecule has 1 aliphatic heterocycles. The monoisotopic (exact) mass is 251 g/mol. The molecule has 6 heteroatoms. The highest BCUT2D eigenvalue weighted by molar-refractivity contribution is 5.82. The van der Waals surface area contributed by atoms with Crippen LogP contribution in [0.4, 0.5) is 0 Å². The molecule has 100 valence electrons. The lowest BCUT2D eigenvalue weighted by Crippen LogP contribution is -2.48. The normalized spacial score (nSPS) is 30.8. The van der Waals surface area contributed by atoms with E-state index in [2.05, 4.69) is 23.3 Å². The number of aliphatic hydroxyl groups is 1. The maximum Gasteiger partial charge on any atom is 0.195 e. The lowest BCUT2D eigenvalue weighted by molar-refractivity contribution is 0.280. The molecule has 2 rings (SSSR count). The Morgan fingerprint density at radius 2 is 1.94 bits per heavy atom. The van der Waals surface area contributed by atoms with Crippen LogP contribution in [0.2, 0.25) is 0 Å². The van der Waals surface area contributed by atoms with Crippen molar-refractivity contribution in [3.05, 3.63) is 11.4 Å². The Kier molecular flexibility index (Phi) is 4.56. The largest absolute Gasteiger partial charge is 0.400 e. The highest BCUT2D eigenvalue weighted by Crippen LogP contribution is 2.41. The zero-order valence-electron chi connectivity index (χ0n) is 10.9. The van der Waals surface area contributed by atoms with E-state index in [0.29, 0.717) is 23.3 Å². The van der Waals surface area contributed by atoms with E-state index >= 15 is 0 Å². The second-order valence-corrected chi connectivity index (χ2v) is 4.74. The number of nitriles is 1. The van der Waals surface area contributed by atoms with Crippen LogP contribution in [0.5, 0.6) is 0 Å². The van der Waals surface area contributed by atoms with Gasteiger partial charge in [-0.05, 0) is 31.6 Å². The molecule has 6 nitrogen and oxygen atoms in total. The Hall–Kier alpha value is -1.74. The fourth-order valence-corrected chi connectivity index (χ4v) is 2.53. The van der Waals surface area contributed by atoms with Gasteiger partial charge in [0.1, 0.15) is 17.4 Å². The molecule has 1 spiro atoms. The summed E-state index contributed by atoms with van der Waals surface area (Å²) in [5.74, 6) is 1.38. The summed E-state index contributed by atoms with van der Waals surface area (Å²) in [6, 6.07) is 2.18. The molecule has 1 heterocycles. The number of aliphatic hydroxyl groups excluding tert-OH is 1. The molecule has 2 aliphatic rings. The minimum absolute atomic E-state index is 0.325. The number of nitrogens with one attached hydrogen (secondary N) is 1. The molecule has 6 N–H and O–H groups in total. The van der Waals surface area contributed by atoms with Gasteiger partial charge in [0.05, 0.1) is 5.57 Å². The smallest absolute Gasteiger partial charge is 0.195 e. The summed E-state index contributed by atoms with van der Waals surface area (Å²) < 4.78 is 0. The van der Waals surface area contributed by atoms with Crippen molar-refractivity contribution in [3.8, 4) is 6.07 Å². The summed E-state index contributed by atoms with van der Waals surface area (Å²) >= 11 is 0. The zero-order chi connectivity index (χ0) is 13.8. The maximum atomic E-state index is 9.19. The average Bonchev–Trinajstić information content (AvgIpc) is 2.35. The lowest BCUT2D eigenvalue weighted by atomic mass is 9.73. The summed E-state index contributed by atoms with van der Waals surface area (Å²) in [5.41, 5.74) is 11.6. The first kappa shape index (κ1) is 14.3. The Balaban J connectivity index is 0.000000771. The molecule has 0 atom stereocenters. The minimum Gasteiger partial charge on any atom is -0.400 e.